The molecule has 0 saturated carbocycles. The first kappa shape index (κ1) is 13.2. The molecule has 3 rings (SSSR count). The van der Waals surface area contributed by atoms with E-state index in [4.69, 9.17) is 0 Å². The van der Waals surface area contributed by atoms with Gasteiger partial charge in [-0.05, 0) is 37.0 Å². The fraction of sp³-hybridized carbons (Fsp3) is 0.471. The lowest BCUT2D eigenvalue weighted by molar-refractivity contribution is -0.131. The van der Waals surface area contributed by atoms with E-state index in [1.807, 2.05) is 4.90 Å². The average Bonchev–Trinajstić information content (AvgIpc) is 2.71. The standard InChI is InChI=1S/C17H22N2O/c1-3-6-16(20)19-10-9-14-11-18(4-2)15-8-5-7-13(12-19)17(14)15/h5,7-8,11H,3-4,6,9-10,12H2,1-2H3. The van der Waals surface area contributed by atoms with Crippen molar-refractivity contribution >= 4 is 16.8 Å². The molecule has 106 valence electrons. The van der Waals surface area contributed by atoms with Crippen LogP contribution in [-0.4, -0.2) is 21.9 Å². The van der Waals surface area contributed by atoms with Crippen molar-refractivity contribution in [3.8, 4) is 0 Å². The van der Waals surface area contributed by atoms with E-state index in [0.717, 1.165) is 32.5 Å². The highest BCUT2D eigenvalue weighted by Crippen LogP contribution is 2.29. The van der Waals surface area contributed by atoms with Crippen molar-refractivity contribution in [2.75, 3.05) is 6.54 Å². The van der Waals surface area contributed by atoms with Crippen molar-refractivity contribution in [1.82, 2.24) is 9.47 Å². The molecule has 1 aliphatic rings. The lowest BCUT2D eigenvalue weighted by atomic mass is 10.1. The minimum Gasteiger partial charge on any atom is -0.347 e. The van der Waals surface area contributed by atoms with Crippen molar-refractivity contribution in [2.45, 2.75) is 46.2 Å². The maximum absolute atomic E-state index is 12.2. The molecule has 0 aliphatic carbocycles. The molecule has 0 N–H and O–H groups in total. The molecule has 1 aromatic heterocycles. The predicted molar refractivity (Wildman–Crippen MR) is 81.6 cm³/mol. The van der Waals surface area contributed by atoms with Gasteiger partial charge in [0.25, 0.3) is 0 Å². The first-order chi connectivity index (χ1) is 9.74. The van der Waals surface area contributed by atoms with Gasteiger partial charge in [0.15, 0.2) is 0 Å². The Bertz CT molecular complexity index is 642. The molecule has 0 fully saturated rings. The third kappa shape index (κ3) is 2.11. The molecule has 0 bridgehead atoms. The Morgan fingerprint density at radius 2 is 2.10 bits per heavy atom. The number of benzene rings is 1. The molecule has 20 heavy (non-hydrogen) atoms. The summed E-state index contributed by atoms with van der Waals surface area (Å²) < 4.78 is 2.32. The Morgan fingerprint density at radius 1 is 1.25 bits per heavy atom. The average molecular weight is 270 g/mol. The van der Waals surface area contributed by atoms with Crippen LogP contribution in [0.5, 0.6) is 0 Å². The highest BCUT2D eigenvalue weighted by atomic mass is 16.2. The largest absolute Gasteiger partial charge is 0.347 e. The van der Waals surface area contributed by atoms with E-state index in [2.05, 4.69) is 42.8 Å². The van der Waals surface area contributed by atoms with Gasteiger partial charge in [0, 0.05) is 43.2 Å². The van der Waals surface area contributed by atoms with Gasteiger partial charge < -0.3 is 9.47 Å². The monoisotopic (exact) mass is 270 g/mol. The first-order valence-electron chi connectivity index (χ1n) is 7.62. The van der Waals surface area contributed by atoms with E-state index in [9.17, 15) is 4.79 Å². The zero-order valence-corrected chi connectivity index (χ0v) is 12.4. The van der Waals surface area contributed by atoms with Crippen LogP contribution in [0.15, 0.2) is 24.4 Å². The molecule has 1 aliphatic heterocycles. The molecule has 2 aromatic rings. The summed E-state index contributed by atoms with van der Waals surface area (Å²) in [7, 11) is 0. The molecule has 1 aromatic carbocycles. The fourth-order valence-electron chi connectivity index (χ4n) is 3.23. The van der Waals surface area contributed by atoms with Crippen molar-refractivity contribution < 1.29 is 4.79 Å². The summed E-state index contributed by atoms with van der Waals surface area (Å²) in [6, 6.07) is 6.47. The number of aryl methyl sites for hydroxylation is 1. The van der Waals surface area contributed by atoms with Gasteiger partial charge >= 0.3 is 0 Å². The highest BCUT2D eigenvalue weighted by Gasteiger charge is 2.21. The topological polar surface area (TPSA) is 25.2 Å². The molecule has 3 nitrogen and oxygen atoms in total. The number of aromatic nitrogens is 1. The summed E-state index contributed by atoms with van der Waals surface area (Å²) in [6.45, 7) is 6.85. The van der Waals surface area contributed by atoms with Gasteiger partial charge in [-0.15, -0.1) is 0 Å². The summed E-state index contributed by atoms with van der Waals surface area (Å²) in [6.07, 6.45) is 4.82. The number of carbonyl (C=O) groups excluding carboxylic acids is 1. The number of nitrogens with zero attached hydrogens (tertiary/aromatic N) is 2. The van der Waals surface area contributed by atoms with Crippen LogP contribution in [0.2, 0.25) is 0 Å². The second-order valence-corrected chi connectivity index (χ2v) is 5.57. The van der Waals surface area contributed by atoms with Crippen molar-refractivity contribution in [2.24, 2.45) is 0 Å². The van der Waals surface area contributed by atoms with E-state index < -0.39 is 0 Å². The number of amides is 1. The summed E-state index contributed by atoms with van der Waals surface area (Å²) >= 11 is 0. The molecule has 2 heterocycles. The van der Waals surface area contributed by atoms with Gasteiger partial charge in [0.05, 0.1) is 0 Å². The van der Waals surface area contributed by atoms with Gasteiger partial charge in [-0.25, -0.2) is 0 Å². The van der Waals surface area contributed by atoms with Crippen LogP contribution in [0.1, 0.15) is 37.8 Å². The smallest absolute Gasteiger partial charge is 0.222 e. The molecule has 0 saturated heterocycles. The van der Waals surface area contributed by atoms with E-state index in [1.165, 1.54) is 22.0 Å². The second-order valence-electron chi connectivity index (χ2n) is 5.57. The lowest BCUT2D eigenvalue weighted by Gasteiger charge is -2.21. The van der Waals surface area contributed by atoms with Crippen molar-refractivity contribution in [1.29, 1.82) is 0 Å². The van der Waals surface area contributed by atoms with Crippen LogP contribution in [0.4, 0.5) is 0 Å². The molecule has 3 heteroatoms. The van der Waals surface area contributed by atoms with E-state index in [1.54, 1.807) is 0 Å². The summed E-state index contributed by atoms with van der Waals surface area (Å²) in [5, 5.41) is 1.38. The summed E-state index contributed by atoms with van der Waals surface area (Å²) in [5.41, 5.74) is 4.00. The highest BCUT2D eigenvalue weighted by molar-refractivity contribution is 5.88. The third-order valence-electron chi connectivity index (χ3n) is 4.24. The Kier molecular flexibility index (Phi) is 3.51. The van der Waals surface area contributed by atoms with Crippen molar-refractivity contribution in [3.05, 3.63) is 35.5 Å². The van der Waals surface area contributed by atoms with Crippen LogP contribution < -0.4 is 0 Å². The number of rotatable bonds is 3. The van der Waals surface area contributed by atoms with Gasteiger partial charge in [0.2, 0.25) is 5.91 Å². The molecular formula is C17H22N2O. The van der Waals surface area contributed by atoms with Gasteiger partial charge in [0.1, 0.15) is 0 Å². The number of carbonyl (C=O) groups is 1. The van der Waals surface area contributed by atoms with Crippen LogP contribution in [0, 0.1) is 0 Å². The maximum atomic E-state index is 12.2. The minimum absolute atomic E-state index is 0.290. The van der Waals surface area contributed by atoms with Gasteiger partial charge in [-0.1, -0.05) is 19.1 Å². The van der Waals surface area contributed by atoms with E-state index in [0.29, 0.717) is 6.42 Å². The normalized spacial score (nSPS) is 14.6. The Labute approximate surface area is 120 Å². The Balaban J connectivity index is 2.02. The Hall–Kier alpha value is -1.77. The molecule has 1 amide bonds. The minimum atomic E-state index is 0.290. The zero-order chi connectivity index (χ0) is 14.1. The van der Waals surface area contributed by atoms with Gasteiger partial charge in [-0.3, -0.25) is 4.79 Å². The van der Waals surface area contributed by atoms with Gasteiger partial charge in [-0.2, -0.15) is 0 Å². The van der Waals surface area contributed by atoms with Crippen molar-refractivity contribution in [3.63, 3.8) is 0 Å². The summed E-state index contributed by atoms with van der Waals surface area (Å²) in [5.74, 6) is 0.290. The number of hydrogen-bond acceptors (Lipinski definition) is 1. The second kappa shape index (κ2) is 5.31. The summed E-state index contributed by atoms with van der Waals surface area (Å²) in [4.78, 5) is 14.2. The zero-order valence-electron chi connectivity index (χ0n) is 12.4. The van der Waals surface area contributed by atoms with Crippen LogP contribution in [-0.2, 0) is 24.3 Å². The first-order valence-corrected chi connectivity index (χ1v) is 7.62. The van der Waals surface area contributed by atoms with E-state index >= 15 is 0 Å². The van der Waals surface area contributed by atoms with Crippen LogP contribution in [0.3, 0.4) is 0 Å². The Morgan fingerprint density at radius 3 is 2.85 bits per heavy atom. The number of hydrogen-bond donors (Lipinski definition) is 0. The molecule has 0 atom stereocenters. The van der Waals surface area contributed by atoms with Crippen LogP contribution in [0.25, 0.3) is 10.9 Å². The molecule has 0 spiro atoms. The molecule has 0 radical (unpaired) electrons. The van der Waals surface area contributed by atoms with E-state index in [-0.39, 0.29) is 5.91 Å². The fourth-order valence-corrected chi connectivity index (χ4v) is 3.23. The SMILES string of the molecule is CCCC(=O)N1CCc2cn(CC)c3cccc(c23)C1. The predicted octanol–water partition coefficient (Wildman–Crippen LogP) is 3.35. The van der Waals surface area contributed by atoms with Crippen LogP contribution >= 0.6 is 0 Å². The lowest BCUT2D eigenvalue weighted by Crippen LogP contribution is -2.31. The molecule has 0 unspecified atom stereocenters. The third-order valence-corrected chi connectivity index (χ3v) is 4.24. The quantitative estimate of drug-likeness (QED) is 0.839. The maximum Gasteiger partial charge on any atom is 0.222 e. The molecular weight excluding hydrogens is 248 g/mol.